The number of aliphatic imine (C=N–C) groups is 1. The zero-order chi connectivity index (χ0) is 28.2. The Labute approximate surface area is 243 Å². The zero-order valence-corrected chi connectivity index (χ0v) is 24.1. The molecule has 204 valence electrons. The van der Waals surface area contributed by atoms with E-state index in [1.165, 1.54) is 17.8 Å². The molecule has 2 aliphatic rings. The highest BCUT2D eigenvalue weighted by Crippen LogP contribution is 2.40. The minimum absolute atomic E-state index is 0.0382. The molecule has 0 bridgehead atoms. The molecule has 3 aromatic rings. The highest BCUT2D eigenvalue weighted by atomic mass is 35.5. The monoisotopic (exact) mass is 570 g/mol. The van der Waals surface area contributed by atoms with Crippen LogP contribution in [-0.4, -0.2) is 40.4 Å². The summed E-state index contributed by atoms with van der Waals surface area (Å²) in [6.07, 6.45) is 7.16. The van der Waals surface area contributed by atoms with Gasteiger partial charge in [0.1, 0.15) is 28.4 Å². The van der Waals surface area contributed by atoms with Gasteiger partial charge in [-0.1, -0.05) is 49.1 Å². The summed E-state index contributed by atoms with van der Waals surface area (Å²) in [6.45, 7) is 3.64. The number of thiophene rings is 1. The van der Waals surface area contributed by atoms with Crippen LogP contribution in [0.25, 0.3) is 0 Å². The molecule has 1 atom stereocenters. The Kier molecular flexibility index (Phi) is 8.43. The minimum Gasteiger partial charge on any atom is -0.353 e. The second-order valence-corrected chi connectivity index (χ2v) is 11.5. The summed E-state index contributed by atoms with van der Waals surface area (Å²) in [5.74, 6) is 6.54. The molecule has 0 spiro atoms. The molecule has 1 saturated carbocycles. The van der Waals surface area contributed by atoms with Crippen molar-refractivity contribution in [1.82, 2.24) is 10.3 Å². The molecule has 1 fully saturated rings. The third kappa shape index (κ3) is 6.01. The molecule has 1 aliphatic carbocycles. The second kappa shape index (κ2) is 12.2. The van der Waals surface area contributed by atoms with E-state index in [1.54, 1.807) is 18.0 Å². The lowest BCUT2D eigenvalue weighted by Crippen LogP contribution is -2.43. The van der Waals surface area contributed by atoms with E-state index >= 15 is 0 Å². The minimum atomic E-state index is -0.753. The highest BCUT2D eigenvalue weighted by molar-refractivity contribution is 7.17. The number of aromatic nitrogens is 1. The van der Waals surface area contributed by atoms with Gasteiger partial charge in [0.15, 0.2) is 0 Å². The van der Waals surface area contributed by atoms with E-state index < -0.39 is 6.04 Å². The van der Waals surface area contributed by atoms with Crippen molar-refractivity contribution in [2.24, 2.45) is 4.99 Å². The topological polar surface area (TPSA) is 105 Å². The van der Waals surface area contributed by atoms with Crippen LogP contribution in [0.2, 0.25) is 5.02 Å². The molecule has 0 unspecified atom stereocenters. The molecule has 0 radical (unpaired) electrons. The van der Waals surface area contributed by atoms with Crippen molar-refractivity contribution in [2.45, 2.75) is 64.5 Å². The summed E-state index contributed by atoms with van der Waals surface area (Å²) in [7, 11) is 0. The Bertz CT molecular complexity index is 1530. The van der Waals surface area contributed by atoms with Crippen molar-refractivity contribution in [2.75, 3.05) is 4.90 Å². The van der Waals surface area contributed by atoms with Crippen molar-refractivity contribution in [3.05, 3.63) is 80.9 Å². The summed E-state index contributed by atoms with van der Waals surface area (Å²) in [5, 5.41) is 22.2. The number of benzene rings is 1. The Morgan fingerprint density at radius 2 is 1.90 bits per heavy atom. The third-order valence-corrected chi connectivity index (χ3v) is 8.63. The number of nitrogens with zero attached hydrogens (tertiary/aromatic N) is 3. The van der Waals surface area contributed by atoms with Crippen LogP contribution in [0.5, 0.6) is 0 Å². The van der Waals surface area contributed by atoms with Crippen LogP contribution >= 0.6 is 22.9 Å². The van der Waals surface area contributed by atoms with Crippen LogP contribution < -0.4 is 10.2 Å². The van der Waals surface area contributed by atoms with Crippen molar-refractivity contribution < 1.29 is 4.79 Å². The van der Waals surface area contributed by atoms with Gasteiger partial charge in [-0.05, 0) is 68.4 Å². The SMILES string of the molecule is CC(=N)N1C(=N)[C@H](CC(=O)NC2CCCCC2)N=C(c2ccc(Cl)cc2)c2c1sc(C#Cc1ccccn1)c2C. The fourth-order valence-corrected chi connectivity index (χ4v) is 6.52. The third-order valence-electron chi connectivity index (χ3n) is 7.18. The molecule has 40 heavy (non-hydrogen) atoms. The van der Waals surface area contributed by atoms with E-state index in [9.17, 15) is 4.79 Å². The maximum Gasteiger partial charge on any atom is 0.222 e. The summed E-state index contributed by atoms with van der Waals surface area (Å²) in [4.78, 5) is 24.9. The van der Waals surface area contributed by atoms with Crippen LogP contribution in [0.4, 0.5) is 5.00 Å². The van der Waals surface area contributed by atoms with E-state index in [1.807, 2.05) is 49.4 Å². The number of pyridine rings is 1. The zero-order valence-electron chi connectivity index (χ0n) is 22.6. The Morgan fingerprint density at radius 1 is 1.15 bits per heavy atom. The lowest BCUT2D eigenvalue weighted by atomic mass is 9.95. The van der Waals surface area contributed by atoms with Crippen LogP contribution in [0.3, 0.4) is 0 Å². The predicted octanol–water partition coefficient (Wildman–Crippen LogP) is 6.34. The first-order chi connectivity index (χ1) is 19.3. The van der Waals surface area contributed by atoms with Gasteiger partial charge in [-0.25, -0.2) is 4.98 Å². The van der Waals surface area contributed by atoms with Crippen molar-refractivity contribution in [3.63, 3.8) is 0 Å². The number of amidine groups is 2. The molecular formula is C31H31ClN6OS. The van der Waals surface area contributed by atoms with Crippen molar-refractivity contribution >= 4 is 51.2 Å². The molecule has 3 N–H and O–H groups in total. The number of amides is 1. The van der Waals surface area contributed by atoms with Crippen molar-refractivity contribution in [1.29, 1.82) is 10.8 Å². The lowest BCUT2D eigenvalue weighted by Gasteiger charge is -2.26. The van der Waals surface area contributed by atoms with Gasteiger partial charge < -0.3 is 5.32 Å². The second-order valence-electron chi connectivity index (χ2n) is 10.1. The van der Waals surface area contributed by atoms with Crippen LogP contribution in [-0.2, 0) is 4.79 Å². The van der Waals surface area contributed by atoms with E-state index in [4.69, 9.17) is 27.4 Å². The Hall–Kier alpha value is -3.80. The molecule has 1 aliphatic heterocycles. The number of carbonyl (C=O) groups is 1. The number of fused-ring (bicyclic) bond motifs is 1. The molecule has 1 aromatic carbocycles. The Balaban J connectivity index is 1.59. The average molecular weight is 571 g/mol. The fraction of sp³-hybridized carbons (Fsp3) is 0.323. The molecule has 3 heterocycles. The average Bonchev–Trinajstić information content (AvgIpc) is 3.20. The van der Waals surface area contributed by atoms with Gasteiger partial charge in [0, 0.05) is 28.4 Å². The summed E-state index contributed by atoms with van der Waals surface area (Å²) in [6, 6.07) is 12.4. The van der Waals surface area contributed by atoms with Crippen LogP contribution in [0, 0.1) is 29.6 Å². The molecular weight excluding hydrogens is 540 g/mol. The van der Waals surface area contributed by atoms with Gasteiger partial charge in [0.05, 0.1) is 17.0 Å². The summed E-state index contributed by atoms with van der Waals surface area (Å²) >= 11 is 7.63. The first-order valence-corrected chi connectivity index (χ1v) is 14.6. The maximum atomic E-state index is 13.2. The first-order valence-electron chi connectivity index (χ1n) is 13.5. The standard InChI is InChI=1S/C31H31ClN6OS/c1-19-26(16-15-23-8-6-7-17-35-23)40-31-28(19)29(21-11-13-22(32)14-12-21)37-25(30(34)38(31)20(2)33)18-27(39)36-24-9-4-3-5-10-24/h6-8,11-14,17,24-25,33-34H,3-5,9-10,18H2,1-2H3,(H,36,39)/t25-/m0/s1. The number of nitrogens with one attached hydrogen (secondary N) is 3. The van der Waals surface area contributed by atoms with Crippen LogP contribution in [0.1, 0.15) is 72.7 Å². The predicted molar refractivity (Wildman–Crippen MR) is 163 cm³/mol. The van der Waals surface area contributed by atoms with Gasteiger partial charge in [-0.2, -0.15) is 0 Å². The molecule has 7 nitrogen and oxygen atoms in total. The van der Waals surface area contributed by atoms with E-state index in [0.29, 0.717) is 21.4 Å². The van der Waals surface area contributed by atoms with Crippen LogP contribution in [0.15, 0.2) is 53.7 Å². The van der Waals surface area contributed by atoms with Crippen molar-refractivity contribution in [3.8, 4) is 11.8 Å². The van der Waals surface area contributed by atoms with Gasteiger partial charge >= 0.3 is 0 Å². The smallest absolute Gasteiger partial charge is 0.222 e. The number of anilines is 1. The molecule has 0 saturated heterocycles. The largest absolute Gasteiger partial charge is 0.353 e. The number of rotatable bonds is 4. The van der Waals surface area contributed by atoms with Gasteiger partial charge in [-0.15, -0.1) is 11.3 Å². The normalized spacial score (nSPS) is 17.3. The number of hydrogen-bond donors (Lipinski definition) is 3. The maximum absolute atomic E-state index is 13.2. The van der Waals surface area contributed by atoms with E-state index in [0.717, 1.165) is 47.3 Å². The van der Waals surface area contributed by atoms with E-state index in [2.05, 4.69) is 22.1 Å². The number of hydrogen-bond acceptors (Lipinski definition) is 6. The molecule has 9 heteroatoms. The Morgan fingerprint density at radius 3 is 2.58 bits per heavy atom. The quantitative estimate of drug-likeness (QED) is 0.193. The summed E-state index contributed by atoms with van der Waals surface area (Å²) < 4.78 is 0. The van der Waals surface area contributed by atoms with Gasteiger partial charge in [0.2, 0.25) is 5.91 Å². The molecule has 5 rings (SSSR count). The fourth-order valence-electron chi connectivity index (χ4n) is 5.16. The van der Waals surface area contributed by atoms with Gasteiger partial charge in [0.25, 0.3) is 0 Å². The highest BCUT2D eigenvalue weighted by Gasteiger charge is 2.35. The van der Waals surface area contributed by atoms with Gasteiger partial charge in [-0.3, -0.25) is 25.5 Å². The molecule has 2 aromatic heterocycles. The number of carbonyl (C=O) groups excluding carboxylic acids is 1. The first kappa shape index (κ1) is 27.8. The summed E-state index contributed by atoms with van der Waals surface area (Å²) in [5.41, 5.74) is 3.86. The molecule has 1 amide bonds. The lowest BCUT2D eigenvalue weighted by molar-refractivity contribution is -0.122. The number of halogens is 1. The van der Waals surface area contributed by atoms with E-state index in [-0.39, 0.29) is 30.0 Å².